The van der Waals surface area contributed by atoms with Crippen LogP contribution in [0.2, 0.25) is 0 Å². The Balaban J connectivity index is 1.97. The van der Waals surface area contributed by atoms with Crippen molar-refractivity contribution in [1.29, 1.82) is 0 Å². The Labute approximate surface area is 145 Å². The van der Waals surface area contributed by atoms with Crippen molar-refractivity contribution < 1.29 is 22.8 Å². The second-order valence-corrected chi connectivity index (χ2v) is 6.93. The molecule has 0 aliphatic carbocycles. The highest BCUT2D eigenvalue weighted by atomic mass is 19.1. The number of halogens is 2. The maximum atomic E-state index is 13.9. The molecular weight excluding hydrogens is 329 g/mol. The van der Waals surface area contributed by atoms with E-state index in [2.05, 4.69) is 4.98 Å². The van der Waals surface area contributed by atoms with Crippen LogP contribution in [0.3, 0.4) is 0 Å². The number of nitrogens with two attached hydrogens (primary N) is 1. The SMILES string of the molecule is CC1(C)OB(c2cc(N)cnc2Oc2ccc(F)cc2F)OC1(C)C. The van der Waals surface area contributed by atoms with Gasteiger partial charge in [0.25, 0.3) is 0 Å². The summed E-state index contributed by atoms with van der Waals surface area (Å²) in [4.78, 5) is 4.11. The highest BCUT2D eigenvalue weighted by Gasteiger charge is 2.52. The van der Waals surface area contributed by atoms with Crippen molar-refractivity contribution in [3.63, 3.8) is 0 Å². The fraction of sp³-hybridized carbons (Fsp3) is 0.353. The molecule has 1 saturated heterocycles. The fourth-order valence-corrected chi connectivity index (χ4v) is 2.37. The molecule has 0 spiro atoms. The van der Waals surface area contributed by atoms with Crippen molar-refractivity contribution in [2.75, 3.05) is 5.73 Å². The van der Waals surface area contributed by atoms with Crippen LogP contribution < -0.4 is 15.9 Å². The fourth-order valence-electron chi connectivity index (χ4n) is 2.37. The van der Waals surface area contributed by atoms with E-state index in [1.165, 1.54) is 12.3 Å². The van der Waals surface area contributed by atoms with Crippen molar-refractivity contribution in [1.82, 2.24) is 4.98 Å². The quantitative estimate of drug-likeness (QED) is 0.864. The molecule has 1 aliphatic heterocycles. The normalized spacial score (nSPS) is 18.4. The van der Waals surface area contributed by atoms with Crippen molar-refractivity contribution in [3.8, 4) is 11.6 Å². The minimum atomic E-state index is -0.835. The summed E-state index contributed by atoms with van der Waals surface area (Å²) in [5, 5.41) is 0. The van der Waals surface area contributed by atoms with Gasteiger partial charge in [0.2, 0.25) is 5.88 Å². The van der Waals surface area contributed by atoms with Gasteiger partial charge in [0.05, 0.1) is 17.4 Å². The van der Waals surface area contributed by atoms with Crippen molar-refractivity contribution in [2.24, 2.45) is 0 Å². The van der Waals surface area contributed by atoms with Gasteiger partial charge in [-0.05, 0) is 45.9 Å². The molecule has 0 atom stereocenters. The zero-order valence-electron chi connectivity index (χ0n) is 14.5. The number of hydrogen-bond donors (Lipinski definition) is 1. The molecule has 0 saturated carbocycles. The van der Waals surface area contributed by atoms with Crippen molar-refractivity contribution >= 4 is 18.3 Å². The molecule has 1 fully saturated rings. The van der Waals surface area contributed by atoms with Crippen LogP contribution in [0.1, 0.15) is 27.7 Å². The Morgan fingerprint density at radius 2 is 1.72 bits per heavy atom. The van der Waals surface area contributed by atoms with Gasteiger partial charge >= 0.3 is 7.12 Å². The van der Waals surface area contributed by atoms with E-state index in [1.807, 2.05) is 27.7 Å². The Morgan fingerprint density at radius 1 is 1.08 bits per heavy atom. The molecule has 1 aromatic carbocycles. The van der Waals surface area contributed by atoms with Crippen LogP contribution in [-0.2, 0) is 9.31 Å². The van der Waals surface area contributed by atoms with Crippen molar-refractivity contribution in [3.05, 3.63) is 42.1 Å². The van der Waals surface area contributed by atoms with Crippen LogP contribution in [0.5, 0.6) is 11.6 Å². The number of nitrogen functional groups attached to an aromatic ring is 1. The Kier molecular flexibility index (Phi) is 4.21. The van der Waals surface area contributed by atoms with Crippen molar-refractivity contribution in [2.45, 2.75) is 38.9 Å². The second-order valence-electron chi connectivity index (χ2n) is 6.93. The van der Waals surface area contributed by atoms with E-state index < -0.39 is 30.0 Å². The van der Waals surface area contributed by atoms with E-state index in [9.17, 15) is 8.78 Å². The molecule has 5 nitrogen and oxygen atoms in total. The van der Waals surface area contributed by atoms with Gasteiger partial charge in [-0.1, -0.05) is 0 Å². The zero-order chi connectivity index (χ0) is 18.4. The molecule has 25 heavy (non-hydrogen) atoms. The van der Waals surface area contributed by atoms with Crippen LogP contribution in [0, 0.1) is 11.6 Å². The van der Waals surface area contributed by atoms with E-state index >= 15 is 0 Å². The van der Waals surface area contributed by atoms with Gasteiger partial charge in [0.1, 0.15) is 5.82 Å². The van der Waals surface area contributed by atoms with Crippen LogP contribution in [0.25, 0.3) is 0 Å². The van der Waals surface area contributed by atoms with Crippen LogP contribution in [-0.4, -0.2) is 23.3 Å². The summed E-state index contributed by atoms with van der Waals surface area (Å²) >= 11 is 0. The van der Waals surface area contributed by atoms with Gasteiger partial charge in [0, 0.05) is 17.2 Å². The maximum absolute atomic E-state index is 13.9. The topological polar surface area (TPSA) is 66.6 Å². The van der Waals surface area contributed by atoms with Crippen LogP contribution >= 0.6 is 0 Å². The largest absolute Gasteiger partial charge is 0.500 e. The smallest absolute Gasteiger partial charge is 0.436 e. The summed E-state index contributed by atoms with van der Waals surface area (Å²) in [5.41, 5.74) is 5.50. The summed E-state index contributed by atoms with van der Waals surface area (Å²) in [6, 6.07) is 4.63. The molecule has 1 aliphatic rings. The molecule has 0 amide bonds. The number of hydrogen-bond acceptors (Lipinski definition) is 5. The molecule has 0 unspecified atom stereocenters. The average molecular weight is 348 g/mol. The predicted molar refractivity (Wildman–Crippen MR) is 90.8 cm³/mol. The monoisotopic (exact) mass is 348 g/mol. The summed E-state index contributed by atoms with van der Waals surface area (Å²) in [5.74, 6) is -1.60. The summed E-state index contributed by atoms with van der Waals surface area (Å²) < 4.78 is 44.5. The maximum Gasteiger partial charge on any atom is 0.500 e. The molecule has 1 aromatic heterocycles. The highest BCUT2D eigenvalue weighted by molar-refractivity contribution is 6.63. The highest BCUT2D eigenvalue weighted by Crippen LogP contribution is 2.37. The Hall–Kier alpha value is -2.19. The van der Waals surface area contributed by atoms with E-state index in [0.717, 1.165) is 12.1 Å². The van der Waals surface area contributed by atoms with Gasteiger partial charge in [-0.3, -0.25) is 0 Å². The second kappa shape index (κ2) is 5.96. The third kappa shape index (κ3) is 3.32. The van der Waals surface area contributed by atoms with E-state index in [0.29, 0.717) is 11.2 Å². The number of rotatable bonds is 3. The number of benzene rings is 1. The van der Waals surface area contributed by atoms with Gasteiger partial charge in [0.15, 0.2) is 11.6 Å². The Bertz CT molecular complexity index is 798. The lowest BCUT2D eigenvalue weighted by Gasteiger charge is -2.32. The lowest BCUT2D eigenvalue weighted by molar-refractivity contribution is 0.00578. The summed E-state index contributed by atoms with van der Waals surface area (Å²) in [7, 11) is -0.778. The first-order chi connectivity index (χ1) is 11.6. The minimum absolute atomic E-state index is 0.0817. The molecule has 0 bridgehead atoms. The molecule has 2 heterocycles. The lowest BCUT2D eigenvalue weighted by Crippen LogP contribution is -2.41. The minimum Gasteiger partial charge on any atom is -0.436 e. The van der Waals surface area contributed by atoms with Crippen LogP contribution in [0.15, 0.2) is 30.5 Å². The molecule has 8 heteroatoms. The van der Waals surface area contributed by atoms with Crippen LogP contribution in [0.4, 0.5) is 14.5 Å². The first-order valence-electron chi connectivity index (χ1n) is 7.83. The van der Waals surface area contributed by atoms with E-state index in [-0.39, 0.29) is 11.6 Å². The Morgan fingerprint density at radius 3 is 2.32 bits per heavy atom. The number of anilines is 1. The standard InChI is InChI=1S/C17H19BF2N2O3/c1-16(2)17(3,4)25-18(24-16)12-8-11(21)9-22-15(12)23-14-6-5-10(19)7-13(14)20/h5-9H,21H2,1-4H3. The molecule has 2 N–H and O–H groups in total. The lowest BCUT2D eigenvalue weighted by atomic mass is 9.79. The number of aromatic nitrogens is 1. The van der Waals surface area contributed by atoms with Gasteiger partial charge < -0.3 is 19.8 Å². The first-order valence-corrected chi connectivity index (χ1v) is 7.83. The number of ether oxygens (including phenoxy) is 1. The zero-order valence-corrected chi connectivity index (χ0v) is 14.5. The third-order valence-electron chi connectivity index (χ3n) is 4.51. The van der Waals surface area contributed by atoms with Gasteiger partial charge in [-0.25, -0.2) is 13.8 Å². The van der Waals surface area contributed by atoms with E-state index in [1.54, 1.807) is 6.07 Å². The van der Waals surface area contributed by atoms with Gasteiger partial charge in [-0.15, -0.1) is 0 Å². The molecule has 2 aromatic rings. The first kappa shape index (κ1) is 17.6. The molecule has 132 valence electrons. The summed E-state index contributed by atoms with van der Waals surface area (Å²) in [6.07, 6.45) is 1.38. The predicted octanol–water partition coefficient (Wildman–Crippen LogP) is 3.03. The number of pyridine rings is 1. The molecule has 3 rings (SSSR count). The number of nitrogens with zero attached hydrogens (tertiary/aromatic N) is 1. The summed E-state index contributed by atoms with van der Waals surface area (Å²) in [6.45, 7) is 7.64. The molecular formula is C17H19BF2N2O3. The third-order valence-corrected chi connectivity index (χ3v) is 4.51. The average Bonchev–Trinajstić information content (AvgIpc) is 2.72. The van der Waals surface area contributed by atoms with E-state index in [4.69, 9.17) is 19.8 Å². The molecule has 0 radical (unpaired) electrons. The van der Waals surface area contributed by atoms with Gasteiger partial charge in [-0.2, -0.15) is 0 Å².